The number of rotatable bonds is 3. The maximum absolute atomic E-state index is 11.4. The Balaban J connectivity index is 2.99. The van der Waals surface area contributed by atoms with Gasteiger partial charge in [0.05, 0.1) is 0 Å². The Bertz CT molecular complexity index is 335. The van der Waals surface area contributed by atoms with Crippen LogP contribution in [0.5, 0.6) is 0 Å². The van der Waals surface area contributed by atoms with E-state index in [1.165, 1.54) is 0 Å². The Morgan fingerprint density at radius 2 is 2.31 bits per heavy atom. The van der Waals surface area contributed by atoms with Crippen molar-refractivity contribution in [1.82, 2.24) is 9.88 Å². The molecule has 0 saturated carbocycles. The van der Waals surface area contributed by atoms with Crippen molar-refractivity contribution in [2.24, 2.45) is 0 Å². The molecule has 4 heteroatoms. The normalized spacial score (nSPS) is 12.8. The second-order valence-corrected chi connectivity index (χ2v) is 3.92. The Labute approximate surface area is 85.9 Å². The summed E-state index contributed by atoms with van der Waals surface area (Å²) in [6.07, 6.45) is 1.81. The molecule has 1 rings (SSSR count). The van der Waals surface area contributed by atoms with Gasteiger partial charge in [0.1, 0.15) is 0 Å². The maximum Gasteiger partial charge on any atom is 0.250 e. The van der Waals surface area contributed by atoms with E-state index in [0.29, 0.717) is 0 Å². The lowest BCUT2D eigenvalue weighted by Crippen LogP contribution is -2.28. The first-order valence-corrected chi connectivity index (χ1v) is 4.96. The molecule has 0 aliphatic rings. The summed E-state index contributed by atoms with van der Waals surface area (Å²) in [5.41, 5.74) is 0.0333. The summed E-state index contributed by atoms with van der Waals surface area (Å²) in [5, 5.41) is 3.04. The lowest BCUT2D eigenvalue weighted by Gasteiger charge is -2.14. The SMILES string of the molecule is CNCC(C)n1cc(Br)ccc1=O. The molecule has 1 N–H and O–H groups in total. The molecule has 1 atom stereocenters. The predicted molar refractivity (Wildman–Crippen MR) is 57.0 cm³/mol. The summed E-state index contributed by atoms with van der Waals surface area (Å²) >= 11 is 3.34. The number of halogens is 1. The van der Waals surface area contributed by atoms with E-state index in [2.05, 4.69) is 21.2 Å². The highest BCUT2D eigenvalue weighted by molar-refractivity contribution is 9.10. The van der Waals surface area contributed by atoms with Gasteiger partial charge in [0, 0.05) is 29.3 Å². The van der Waals surface area contributed by atoms with E-state index < -0.39 is 0 Å². The van der Waals surface area contributed by atoms with Crippen molar-refractivity contribution in [3.63, 3.8) is 0 Å². The minimum Gasteiger partial charge on any atom is -0.318 e. The number of nitrogens with zero attached hydrogens (tertiary/aromatic N) is 1. The molecule has 0 spiro atoms. The first-order valence-electron chi connectivity index (χ1n) is 4.17. The minimum atomic E-state index is 0.0333. The second kappa shape index (κ2) is 4.58. The quantitative estimate of drug-likeness (QED) is 0.873. The third-order valence-corrected chi connectivity index (χ3v) is 2.35. The number of hydrogen-bond acceptors (Lipinski definition) is 2. The van der Waals surface area contributed by atoms with Crippen molar-refractivity contribution >= 4 is 15.9 Å². The van der Waals surface area contributed by atoms with Crippen LogP contribution in [0.15, 0.2) is 27.6 Å². The molecule has 13 heavy (non-hydrogen) atoms. The van der Waals surface area contributed by atoms with E-state index in [-0.39, 0.29) is 11.6 Å². The van der Waals surface area contributed by atoms with Crippen molar-refractivity contribution in [2.45, 2.75) is 13.0 Å². The monoisotopic (exact) mass is 244 g/mol. The first-order chi connectivity index (χ1) is 6.15. The van der Waals surface area contributed by atoms with Crippen LogP contribution in [-0.2, 0) is 0 Å². The van der Waals surface area contributed by atoms with Crippen molar-refractivity contribution in [1.29, 1.82) is 0 Å². The molecule has 0 saturated heterocycles. The molecular formula is C9H13BrN2O. The van der Waals surface area contributed by atoms with Gasteiger partial charge >= 0.3 is 0 Å². The van der Waals surface area contributed by atoms with Crippen molar-refractivity contribution in [3.05, 3.63) is 33.2 Å². The van der Waals surface area contributed by atoms with Crippen LogP contribution in [0.1, 0.15) is 13.0 Å². The fourth-order valence-corrected chi connectivity index (χ4v) is 1.57. The van der Waals surface area contributed by atoms with Crippen LogP contribution in [0.3, 0.4) is 0 Å². The number of hydrogen-bond donors (Lipinski definition) is 1. The highest BCUT2D eigenvalue weighted by Gasteiger charge is 2.04. The zero-order valence-electron chi connectivity index (χ0n) is 7.75. The van der Waals surface area contributed by atoms with E-state index >= 15 is 0 Å². The summed E-state index contributed by atoms with van der Waals surface area (Å²) in [7, 11) is 1.87. The first kappa shape index (κ1) is 10.5. The van der Waals surface area contributed by atoms with Gasteiger partial charge in [-0.1, -0.05) is 0 Å². The highest BCUT2D eigenvalue weighted by atomic mass is 79.9. The third-order valence-electron chi connectivity index (χ3n) is 1.88. The number of aromatic nitrogens is 1. The fourth-order valence-electron chi connectivity index (χ4n) is 1.21. The molecule has 0 aliphatic carbocycles. The summed E-state index contributed by atoms with van der Waals surface area (Å²) in [4.78, 5) is 11.4. The summed E-state index contributed by atoms with van der Waals surface area (Å²) < 4.78 is 2.63. The average Bonchev–Trinajstić information content (AvgIpc) is 2.09. The summed E-state index contributed by atoms with van der Waals surface area (Å²) in [6, 6.07) is 3.50. The molecular weight excluding hydrogens is 232 g/mol. The molecule has 0 fully saturated rings. The van der Waals surface area contributed by atoms with E-state index in [0.717, 1.165) is 11.0 Å². The second-order valence-electron chi connectivity index (χ2n) is 3.00. The molecule has 1 aromatic rings. The van der Waals surface area contributed by atoms with Crippen LogP contribution >= 0.6 is 15.9 Å². The largest absolute Gasteiger partial charge is 0.318 e. The van der Waals surface area contributed by atoms with Gasteiger partial charge < -0.3 is 9.88 Å². The molecule has 72 valence electrons. The van der Waals surface area contributed by atoms with Crippen LogP contribution in [0.25, 0.3) is 0 Å². The number of pyridine rings is 1. The van der Waals surface area contributed by atoms with Gasteiger partial charge in [-0.2, -0.15) is 0 Å². The van der Waals surface area contributed by atoms with Gasteiger partial charge in [-0.3, -0.25) is 4.79 Å². The van der Waals surface area contributed by atoms with Crippen molar-refractivity contribution < 1.29 is 0 Å². The molecule has 1 unspecified atom stereocenters. The molecule has 3 nitrogen and oxygen atoms in total. The zero-order valence-corrected chi connectivity index (χ0v) is 9.34. The smallest absolute Gasteiger partial charge is 0.250 e. The zero-order chi connectivity index (χ0) is 9.84. The fraction of sp³-hybridized carbons (Fsp3) is 0.444. The van der Waals surface area contributed by atoms with Gasteiger partial charge in [-0.05, 0) is 36.0 Å². The van der Waals surface area contributed by atoms with E-state index in [9.17, 15) is 4.79 Å². The molecule has 1 heterocycles. The Kier molecular flexibility index (Phi) is 3.69. The molecule has 0 bridgehead atoms. The van der Waals surface area contributed by atoms with E-state index in [1.807, 2.05) is 20.2 Å². The standard InChI is InChI=1S/C9H13BrN2O/c1-7(5-11-2)12-6-8(10)3-4-9(12)13/h3-4,6-7,11H,5H2,1-2H3. The van der Waals surface area contributed by atoms with Crippen molar-refractivity contribution in [3.8, 4) is 0 Å². The molecule has 1 aromatic heterocycles. The Hall–Kier alpha value is -0.610. The Morgan fingerprint density at radius 1 is 1.62 bits per heavy atom. The lowest BCUT2D eigenvalue weighted by atomic mass is 10.3. The van der Waals surface area contributed by atoms with E-state index in [4.69, 9.17) is 0 Å². The maximum atomic E-state index is 11.4. The van der Waals surface area contributed by atoms with Gasteiger partial charge in [-0.25, -0.2) is 0 Å². The average molecular weight is 245 g/mol. The molecule has 0 amide bonds. The van der Waals surface area contributed by atoms with Gasteiger partial charge in [0.2, 0.25) is 0 Å². The molecule has 0 aliphatic heterocycles. The van der Waals surface area contributed by atoms with Gasteiger partial charge in [0.15, 0.2) is 0 Å². The number of likely N-dealkylation sites (N-methyl/N-ethyl adjacent to an activating group) is 1. The predicted octanol–water partition coefficient (Wildman–Crippen LogP) is 1.39. The van der Waals surface area contributed by atoms with Crippen LogP contribution < -0.4 is 10.9 Å². The van der Waals surface area contributed by atoms with Gasteiger partial charge in [0.25, 0.3) is 5.56 Å². The lowest BCUT2D eigenvalue weighted by molar-refractivity contribution is 0.502. The van der Waals surface area contributed by atoms with Crippen LogP contribution in [0.4, 0.5) is 0 Å². The minimum absolute atomic E-state index is 0.0333. The number of nitrogens with one attached hydrogen (secondary N) is 1. The molecule has 0 aromatic carbocycles. The summed E-state index contributed by atoms with van der Waals surface area (Å²) in [5.74, 6) is 0. The Morgan fingerprint density at radius 3 is 2.92 bits per heavy atom. The van der Waals surface area contributed by atoms with Crippen LogP contribution in [0.2, 0.25) is 0 Å². The van der Waals surface area contributed by atoms with Crippen LogP contribution in [-0.4, -0.2) is 18.2 Å². The highest BCUT2D eigenvalue weighted by Crippen LogP contribution is 2.08. The summed E-state index contributed by atoms with van der Waals surface area (Å²) in [6.45, 7) is 2.79. The van der Waals surface area contributed by atoms with Crippen molar-refractivity contribution in [2.75, 3.05) is 13.6 Å². The van der Waals surface area contributed by atoms with E-state index in [1.54, 1.807) is 16.7 Å². The van der Waals surface area contributed by atoms with Crippen LogP contribution in [0, 0.1) is 0 Å². The molecule has 0 radical (unpaired) electrons. The van der Waals surface area contributed by atoms with Gasteiger partial charge in [-0.15, -0.1) is 0 Å². The third kappa shape index (κ3) is 2.67. The topological polar surface area (TPSA) is 34.0 Å².